The third-order valence-corrected chi connectivity index (χ3v) is 3.71. The Hall–Kier alpha value is -2.04. The standard InChI is InChI=1S/C17H23NO4/c1-13-7-9-15(10-8-13)21-12-17(20)22-11-16(19)18-14-5-3-2-4-6-14/h7-10,14H,2-6,11-12H2,1H3,(H,18,19). The van der Waals surface area contributed by atoms with Gasteiger partial charge in [-0.1, -0.05) is 37.0 Å². The second-order valence-electron chi connectivity index (χ2n) is 5.66. The number of hydrogen-bond donors (Lipinski definition) is 1. The first-order valence-corrected chi connectivity index (χ1v) is 7.78. The number of nitrogens with one attached hydrogen (secondary N) is 1. The fourth-order valence-corrected chi connectivity index (χ4v) is 2.48. The highest BCUT2D eigenvalue weighted by atomic mass is 16.6. The number of amides is 1. The van der Waals surface area contributed by atoms with Crippen molar-refractivity contribution in [2.75, 3.05) is 13.2 Å². The summed E-state index contributed by atoms with van der Waals surface area (Å²) < 4.78 is 10.2. The number of aryl methyl sites for hydroxylation is 1. The molecule has 0 saturated heterocycles. The van der Waals surface area contributed by atoms with Crippen molar-refractivity contribution in [3.63, 3.8) is 0 Å². The van der Waals surface area contributed by atoms with E-state index in [-0.39, 0.29) is 25.2 Å². The summed E-state index contributed by atoms with van der Waals surface area (Å²) in [5, 5.41) is 2.90. The molecular weight excluding hydrogens is 282 g/mol. The highest BCUT2D eigenvalue weighted by molar-refractivity contribution is 5.81. The van der Waals surface area contributed by atoms with E-state index in [0.717, 1.165) is 31.2 Å². The zero-order valence-corrected chi connectivity index (χ0v) is 13.0. The van der Waals surface area contributed by atoms with Gasteiger partial charge in [-0.2, -0.15) is 0 Å². The summed E-state index contributed by atoms with van der Waals surface area (Å²) in [5.41, 5.74) is 1.12. The Labute approximate surface area is 131 Å². The fraction of sp³-hybridized carbons (Fsp3) is 0.529. The average molecular weight is 305 g/mol. The first-order valence-electron chi connectivity index (χ1n) is 7.78. The summed E-state index contributed by atoms with van der Waals surface area (Å²) >= 11 is 0. The Bertz CT molecular complexity index is 492. The predicted molar refractivity (Wildman–Crippen MR) is 82.6 cm³/mol. The van der Waals surface area contributed by atoms with E-state index in [9.17, 15) is 9.59 Å². The molecule has 0 aromatic heterocycles. The van der Waals surface area contributed by atoms with Gasteiger partial charge in [0, 0.05) is 6.04 Å². The number of hydrogen-bond acceptors (Lipinski definition) is 4. The zero-order chi connectivity index (χ0) is 15.8. The molecule has 1 aromatic carbocycles. The Morgan fingerprint density at radius 1 is 1.09 bits per heavy atom. The molecule has 1 fully saturated rings. The van der Waals surface area contributed by atoms with Crippen molar-refractivity contribution in [2.24, 2.45) is 0 Å². The molecular formula is C17H23NO4. The van der Waals surface area contributed by atoms with Gasteiger partial charge in [0.05, 0.1) is 0 Å². The number of benzene rings is 1. The lowest BCUT2D eigenvalue weighted by Crippen LogP contribution is -2.39. The second kappa shape index (κ2) is 8.41. The van der Waals surface area contributed by atoms with Crippen LogP contribution in [0.3, 0.4) is 0 Å². The van der Waals surface area contributed by atoms with E-state index in [1.165, 1.54) is 6.42 Å². The van der Waals surface area contributed by atoms with Crippen LogP contribution >= 0.6 is 0 Å². The highest BCUT2D eigenvalue weighted by Gasteiger charge is 2.16. The van der Waals surface area contributed by atoms with Gasteiger partial charge in [0.2, 0.25) is 0 Å². The number of rotatable bonds is 6. The number of carbonyl (C=O) groups is 2. The molecule has 0 atom stereocenters. The second-order valence-corrected chi connectivity index (χ2v) is 5.66. The van der Waals surface area contributed by atoms with Crippen molar-refractivity contribution in [3.05, 3.63) is 29.8 Å². The Morgan fingerprint density at radius 3 is 2.45 bits per heavy atom. The lowest BCUT2D eigenvalue weighted by molar-refractivity contribution is -0.150. The third kappa shape index (κ3) is 5.76. The minimum absolute atomic E-state index is 0.195. The molecule has 0 heterocycles. The van der Waals surface area contributed by atoms with Crippen molar-refractivity contribution in [3.8, 4) is 5.75 Å². The van der Waals surface area contributed by atoms with Crippen LogP contribution in [0.15, 0.2) is 24.3 Å². The van der Waals surface area contributed by atoms with Gasteiger partial charge >= 0.3 is 5.97 Å². The molecule has 1 amide bonds. The Kier molecular flexibility index (Phi) is 6.25. The molecule has 1 saturated carbocycles. The predicted octanol–water partition coefficient (Wildman–Crippen LogP) is 2.37. The zero-order valence-electron chi connectivity index (χ0n) is 13.0. The van der Waals surface area contributed by atoms with Crippen LogP contribution in [-0.2, 0) is 14.3 Å². The van der Waals surface area contributed by atoms with E-state index < -0.39 is 5.97 Å². The van der Waals surface area contributed by atoms with Crippen LogP contribution in [-0.4, -0.2) is 31.1 Å². The first-order chi connectivity index (χ1) is 10.6. The van der Waals surface area contributed by atoms with Gasteiger partial charge in [0.15, 0.2) is 13.2 Å². The molecule has 1 N–H and O–H groups in total. The van der Waals surface area contributed by atoms with Crippen molar-refractivity contribution in [1.29, 1.82) is 0 Å². The summed E-state index contributed by atoms with van der Waals surface area (Å²) in [6.07, 6.45) is 5.55. The SMILES string of the molecule is Cc1ccc(OCC(=O)OCC(=O)NC2CCCCC2)cc1. The third-order valence-electron chi connectivity index (χ3n) is 3.71. The van der Waals surface area contributed by atoms with Crippen LogP contribution in [0.2, 0.25) is 0 Å². The summed E-state index contributed by atoms with van der Waals surface area (Å²) in [7, 11) is 0. The monoisotopic (exact) mass is 305 g/mol. The van der Waals surface area contributed by atoms with Crippen molar-refractivity contribution in [1.82, 2.24) is 5.32 Å². The molecule has 1 aromatic rings. The van der Waals surface area contributed by atoms with Crippen LogP contribution < -0.4 is 10.1 Å². The molecule has 22 heavy (non-hydrogen) atoms. The largest absolute Gasteiger partial charge is 0.482 e. The van der Waals surface area contributed by atoms with Crippen molar-refractivity contribution < 1.29 is 19.1 Å². The number of ether oxygens (including phenoxy) is 2. The average Bonchev–Trinajstić information content (AvgIpc) is 2.53. The van der Waals surface area contributed by atoms with Gasteiger partial charge in [0.25, 0.3) is 5.91 Å². The van der Waals surface area contributed by atoms with E-state index in [0.29, 0.717) is 5.75 Å². The van der Waals surface area contributed by atoms with E-state index in [1.807, 2.05) is 19.1 Å². The molecule has 0 radical (unpaired) electrons. The molecule has 120 valence electrons. The fourth-order valence-electron chi connectivity index (χ4n) is 2.48. The minimum atomic E-state index is -0.542. The highest BCUT2D eigenvalue weighted by Crippen LogP contribution is 2.17. The summed E-state index contributed by atoms with van der Waals surface area (Å²) in [6.45, 7) is 1.54. The lowest BCUT2D eigenvalue weighted by atomic mass is 9.95. The van der Waals surface area contributed by atoms with Crippen LogP contribution in [0.5, 0.6) is 5.75 Å². The molecule has 1 aliphatic rings. The molecule has 0 spiro atoms. The van der Waals surface area contributed by atoms with Gasteiger partial charge < -0.3 is 14.8 Å². The van der Waals surface area contributed by atoms with Crippen LogP contribution in [0.4, 0.5) is 0 Å². The smallest absolute Gasteiger partial charge is 0.344 e. The van der Waals surface area contributed by atoms with E-state index in [1.54, 1.807) is 12.1 Å². The molecule has 5 nitrogen and oxygen atoms in total. The summed E-state index contributed by atoms with van der Waals surface area (Å²) in [5.74, 6) is -0.177. The Balaban J connectivity index is 1.62. The van der Waals surface area contributed by atoms with Crippen molar-refractivity contribution >= 4 is 11.9 Å². The summed E-state index contributed by atoms with van der Waals surface area (Å²) in [6, 6.07) is 7.61. The molecule has 1 aliphatic carbocycles. The van der Waals surface area contributed by atoms with E-state index in [4.69, 9.17) is 9.47 Å². The van der Waals surface area contributed by atoms with Gasteiger partial charge in [-0.05, 0) is 31.9 Å². The Morgan fingerprint density at radius 2 is 1.77 bits per heavy atom. The molecule has 0 aliphatic heterocycles. The molecule has 0 unspecified atom stereocenters. The van der Waals surface area contributed by atoms with Crippen molar-refractivity contribution in [2.45, 2.75) is 45.1 Å². The van der Waals surface area contributed by atoms with Gasteiger partial charge in [-0.25, -0.2) is 4.79 Å². The quantitative estimate of drug-likeness (QED) is 0.820. The lowest BCUT2D eigenvalue weighted by Gasteiger charge is -2.22. The first kappa shape index (κ1) is 16.3. The number of carbonyl (C=O) groups excluding carboxylic acids is 2. The van der Waals surface area contributed by atoms with E-state index in [2.05, 4.69) is 5.32 Å². The maximum Gasteiger partial charge on any atom is 0.344 e. The van der Waals surface area contributed by atoms with Gasteiger partial charge in [-0.3, -0.25) is 4.79 Å². The maximum absolute atomic E-state index is 11.7. The van der Waals surface area contributed by atoms with Crippen LogP contribution in [0, 0.1) is 6.92 Å². The topological polar surface area (TPSA) is 64.6 Å². The van der Waals surface area contributed by atoms with Crippen LogP contribution in [0.1, 0.15) is 37.7 Å². The van der Waals surface area contributed by atoms with Crippen LogP contribution in [0.25, 0.3) is 0 Å². The molecule has 2 rings (SSSR count). The molecule has 0 bridgehead atoms. The summed E-state index contributed by atoms with van der Waals surface area (Å²) in [4.78, 5) is 23.3. The van der Waals surface area contributed by atoms with Gasteiger partial charge in [-0.15, -0.1) is 0 Å². The van der Waals surface area contributed by atoms with E-state index >= 15 is 0 Å². The number of esters is 1. The molecule has 5 heteroatoms. The van der Waals surface area contributed by atoms with Gasteiger partial charge in [0.1, 0.15) is 5.75 Å². The maximum atomic E-state index is 11.7. The minimum Gasteiger partial charge on any atom is -0.482 e. The normalized spacial score (nSPS) is 15.1.